The van der Waals surface area contributed by atoms with Crippen LogP contribution in [0.4, 0.5) is 11.4 Å². The number of benzene rings is 8. The number of unbranched alkanes of at least 4 members (excludes halogenated alkanes) is 4. The largest absolute Gasteiger partial charge is 0.355 e. The van der Waals surface area contributed by atoms with E-state index in [-0.39, 0.29) is 0 Å². The molecule has 0 unspecified atom stereocenters. The molecule has 2 aromatic heterocycles. The summed E-state index contributed by atoms with van der Waals surface area (Å²) < 4.78 is 5.19. The van der Waals surface area contributed by atoms with Gasteiger partial charge >= 0.3 is 0 Å². The van der Waals surface area contributed by atoms with Crippen LogP contribution in [0.1, 0.15) is 63.5 Å². The number of nitrogens with zero attached hydrogens (tertiary/aromatic N) is 1. The molecule has 0 amide bonds. The second-order valence-electron chi connectivity index (χ2n) is 16.8. The molecule has 0 spiro atoms. The van der Waals surface area contributed by atoms with Crippen molar-refractivity contribution in [1.29, 1.82) is 0 Å². The summed E-state index contributed by atoms with van der Waals surface area (Å²) >= 11 is 1.91. The monoisotopic (exact) mass is 791 g/mol. The highest BCUT2D eigenvalue weighted by Gasteiger charge is 2.29. The molecule has 10 aromatic rings. The number of thiophene rings is 1. The maximum Gasteiger partial charge on any atom is 0.197 e. The van der Waals surface area contributed by atoms with Crippen LogP contribution >= 0.6 is 11.3 Å². The standard InChI is InChI=1S/C56H48BN2S/c1-3-5-8-16-36-24-28-40(29-25-36)58-48-34-46-52(60-51-31-27-39-20-12-13-21-41(39)53(46)51)35-44(48)45-33-43(38-18-10-7-11-19-38)54-42-22-14-15-23-49(42)59-50-30-26-37(17-9-6-4-2)32-47(50)57-55(45)56(54)59/h7,10-15,18-35,58H,3-6,8-9,16-17H2,1-2H3. The quantitative estimate of drug-likeness (QED) is 0.0963. The first-order valence-corrected chi connectivity index (χ1v) is 22.9. The Balaban J connectivity index is 1.19. The molecule has 0 saturated heterocycles. The lowest BCUT2D eigenvalue weighted by molar-refractivity contribution is 0.717. The molecule has 0 atom stereocenters. The van der Waals surface area contributed by atoms with Crippen LogP contribution in [0.5, 0.6) is 0 Å². The number of nitrogens with one attached hydrogen (secondary N) is 1. The van der Waals surface area contributed by atoms with Crippen molar-refractivity contribution in [2.75, 3.05) is 5.32 Å². The van der Waals surface area contributed by atoms with Crippen LogP contribution in [0, 0.1) is 0 Å². The normalized spacial score (nSPS) is 12.2. The smallest absolute Gasteiger partial charge is 0.197 e. The Hall–Kier alpha value is -6.10. The van der Waals surface area contributed by atoms with Crippen LogP contribution in [0.3, 0.4) is 0 Å². The maximum absolute atomic E-state index is 4.02. The summed E-state index contributed by atoms with van der Waals surface area (Å²) in [6.07, 6.45) is 9.66. The number of hydrogen-bond donors (Lipinski definition) is 1. The average Bonchev–Trinajstić information content (AvgIpc) is 3.84. The van der Waals surface area contributed by atoms with Gasteiger partial charge in [0.1, 0.15) is 0 Å². The number of anilines is 2. The van der Waals surface area contributed by atoms with Crippen molar-refractivity contribution in [2.45, 2.75) is 65.2 Å². The van der Waals surface area contributed by atoms with E-state index in [1.54, 1.807) is 0 Å². The van der Waals surface area contributed by atoms with Crippen molar-refractivity contribution in [3.63, 3.8) is 0 Å². The predicted octanol–water partition coefficient (Wildman–Crippen LogP) is 14.8. The summed E-state index contributed by atoms with van der Waals surface area (Å²) in [6.45, 7) is 4.56. The number of aromatic nitrogens is 1. The fraction of sp³-hybridized carbons (Fsp3) is 0.179. The average molecular weight is 792 g/mol. The lowest BCUT2D eigenvalue weighted by Crippen LogP contribution is -2.37. The van der Waals surface area contributed by atoms with E-state index in [9.17, 15) is 0 Å². The van der Waals surface area contributed by atoms with Gasteiger partial charge in [0.05, 0.1) is 5.52 Å². The highest BCUT2D eigenvalue weighted by Crippen LogP contribution is 2.46. The van der Waals surface area contributed by atoms with Gasteiger partial charge in [-0.25, -0.2) is 0 Å². The van der Waals surface area contributed by atoms with Gasteiger partial charge in [0.2, 0.25) is 0 Å². The molecule has 60 heavy (non-hydrogen) atoms. The minimum atomic E-state index is 1.10. The van der Waals surface area contributed by atoms with Crippen LogP contribution in [-0.4, -0.2) is 11.8 Å². The Labute approximate surface area is 357 Å². The highest BCUT2D eigenvalue weighted by molar-refractivity contribution is 7.26. The van der Waals surface area contributed by atoms with E-state index in [1.807, 2.05) is 11.3 Å². The van der Waals surface area contributed by atoms with E-state index >= 15 is 0 Å². The third-order valence-electron chi connectivity index (χ3n) is 12.9. The Kier molecular flexibility index (Phi) is 9.54. The Morgan fingerprint density at radius 2 is 1.28 bits per heavy atom. The topological polar surface area (TPSA) is 17.0 Å². The Morgan fingerprint density at radius 3 is 2.10 bits per heavy atom. The molecule has 1 N–H and O–H groups in total. The highest BCUT2D eigenvalue weighted by atomic mass is 32.1. The van der Waals surface area contributed by atoms with Gasteiger partial charge in [-0.05, 0) is 118 Å². The number of aryl methyl sites for hydroxylation is 2. The van der Waals surface area contributed by atoms with Crippen molar-refractivity contribution < 1.29 is 0 Å². The molecular weight excluding hydrogens is 744 g/mol. The van der Waals surface area contributed by atoms with E-state index in [0.717, 1.165) is 24.2 Å². The van der Waals surface area contributed by atoms with Crippen molar-refractivity contribution >= 4 is 93.7 Å². The maximum atomic E-state index is 4.02. The third kappa shape index (κ3) is 6.32. The fourth-order valence-electron chi connectivity index (χ4n) is 9.88. The zero-order valence-electron chi connectivity index (χ0n) is 34.5. The number of para-hydroxylation sites is 1. The number of fused-ring (bicyclic) bond motifs is 10. The number of hydrogen-bond acceptors (Lipinski definition) is 2. The molecule has 4 heteroatoms. The molecular formula is C56H48BN2S. The van der Waals surface area contributed by atoms with E-state index in [2.05, 4.69) is 183 Å². The van der Waals surface area contributed by atoms with Crippen molar-refractivity contribution in [2.24, 2.45) is 0 Å². The summed E-state index contributed by atoms with van der Waals surface area (Å²) in [5.41, 5.74) is 16.4. The molecule has 11 rings (SSSR count). The molecule has 1 aliphatic heterocycles. The summed E-state index contributed by atoms with van der Waals surface area (Å²) in [4.78, 5) is 0. The third-order valence-corrected chi connectivity index (χ3v) is 14.0. The molecule has 2 nitrogen and oxygen atoms in total. The first kappa shape index (κ1) is 36.9. The van der Waals surface area contributed by atoms with Gasteiger partial charge in [-0.15, -0.1) is 11.3 Å². The minimum absolute atomic E-state index is 1.10. The molecule has 1 aliphatic rings. The lowest BCUT2D eigenvalue weighted by atomic mass is 9.58. The Bertz CT molecular complexity index is 3230. The van der Waals surface area contributed by atoms with Crippen molar-refractivity contribution in [1.82, 2.24) is 4.57 Å². The van der Waals surface area contributed by atoms with Crippen LogP contribution in [0.25, 0.3) is 80.7 Å². The first-order valence-electron chi connectivity index (χ1n) is 22.0. The molecule has 0 fully saturated rings. The summed E-state index contributed by atoms with van der Waals surface area (Å²) in [5.74, 6) is 0. The first-order chi connectivity index (χ1) is 29.7. The molecule has 8 aromatic carbocycles. The van der Waals surface area contributed by atoms with Crippen LogP contribution in [-0.2, 0) is 12.8 Å². The van der Waals surface area contributed by atoms with Crippen molar-refractivity contribution in [3.8, 4) is 27.9 Å². The van der Waals surface area contributed by atoms with E-state index in [4.69, 9.17) is 0 Å². The fourth-order valence-corrected chi connectivity index (χ4v) is 11.0. The van der Waals surface area contributed by atoms with E-state index in [0.29, 0.717) is 0 Å². The molecule has 291 valence electrons. The van der Waals surface area contributed by atoms with Crippen molar-refractivity contribution in [3.05, 3.63) is 163 Å². The van der Waals surface area contributed by atoms with Gasteiger partial charge in [0, 0.05) is 59.1 Å². The predicted molar refractivity (Wildman–Crippen MR) is 263 cm³/mol. The van der Waals surface area contributed by atoms with Crippen LogP contribution < -0.4 is 16.2 Å². The van der Waals surface area contributed by atoms with Gasteiger partial charge in [-0.1, -0.05) is 148 Å². The molecule has 0 saturated carbocycles. The zero-order valence-corrected chi connectivity index (χ0v) is 35.3. The second-order valence-corrected chi connectivity index (χ2v) is 17.8. The zero-order chi connectivity index (χ0) is 40.2. The van der Waals surface area contributed by atoms with E-state index in [1.165, 1.54) is 141 Å². The van der Waals surface area contributed by atoms with E-state index < -0.39 is 0 Å². The SMILES string of the molecule is CCCCCc1ccc(Nc2cc3c(cc2-c2cc(-c4ccccc4)c4c5ccccc5n5c4c2[B]c2cc(CCCCC)ccc2-5)sc2ccc4ccccc4c23)cc1. The van der Waals surface area contributed by atoms with Gasteiger partial charge in [-0.2, -0.15) is 0 Å². The van der Waals surface area contributed by atoms with Crippen LogP contribution in [0.15, 0.2) is 152 Å². The van der Waals surface area contributed by atoms with Gasteiger partial charge in [0.15, 0.2) is 7.28 Å². The lowest BCUT2D eigenvalue weighted by Gasteiger charge is -2.25. The molecule has 1 radical (unpaired) electrons. The number of rotatable bonds is 12. The summed E-state index contributed by atoms with van der Waals surface area (Å²) in [6, 6.07) is 57.3. The Morgan fingerprint density at radius 1 is 0.550 bits per heavy atom. The van der Waals surface area contributed by atoms with Crippen LogP contribution in [0.2, 0.25) is 0 Å². The minimum Gasteiger partial charge on any atom is -0.355 e. The van der Waals surface area contributed by atoms with Gasteiger partial charge < -0.3 is 9.88 Å². The van der Waals surface area contributed by atoms with Gasteiger partial charge in [-0.3, -0.25) is 0 Å². The summed E-state index contributed by atoms with van der Waals surface area (Å²) in [5, 5.41) is 11.8. The molecule has 3 heterocycles. The molecule has 0 bridgehead atoms. The van der Waals surface area contributed by atoms with Gasteiger partial charge in [0.25, 0.3) is 0 Å². The second kappa shape index (κ2) is 15.5. The molecule has 0 aliphatic carbocycles. The summed E-state index contributed by atoms with van der Waals surface area (Å²) in [7, 11) is 2.50.